The summed E-state index contributed by atoms with van der Waals surface area (Å²) in [6, 6.07) is 15.4. The number of rotatable bonds is 3. The number of hydrogen-bond donors (Lipinski definition) is 1. The van der Waals surface area contributed by atoms with E-state index < -0.39 is 0 Å². The van der Waals surface area contributed by atoms with Gasteiger partial charge >= 0.3 is 0 Å². The zero-order valence-electron chi connectivity index (χ0n) is 13.6. The van der Waals surface area contributed by atoms with Gasteiger partial charge in [0.15, 0.2) is 5.58 Å². The summed E-state index contributed by atoms with van der Waals surface area (Å²) in [5.74, 6) is -0.0965. The van der Waals surface area contributed by atoms with Crippen molar-refractivity contribution in [2.45, 2.75) is 32.6 Å². The molecule has 0 aliphatic heterocycles. The van der Waals surface area contributed by atoms with Gasteiger partial charge in [-0.1, -0.05) is 56.3 Å². The van der Waals surface area contributed by atoms with Crippen molar-refractivity contribution in [3.8, 4) is 0 Å². The maximum Gasteiger partial charge on any atom is 0.230 e. The van der Waals surface area contributed by atoms with Crippen molar-refractivity contribution >= 4 is 22.6 Å². The normalized spacial score (nSPS) is 11.6. The Labute approximate surface area is 135 Å². The molecule has 3 aromatic rings. The number of carbonyl (C=O) groups is 1. The lowest BCUT2D eigenvalue weighted by Gasteiger charge is -2.22. The van der Waals surface area contributed by atoms with Crippen LogP contribution in [0, 0.1) is 0 Å². The molecular formula is C19H20N2O2. The van der Waals surface area contributed by atoms with Crippen LogP contribution in [0.4, 0.5) is 5.69 Å². The molecule has 0 atom stereocenters. The first-order valence-corrected chi connectivity index (χ1v) is 7.68. The molecule has 0 fully saturated rings. The number of nitrogens with one attached hydrogen (secondary N) is 1. The molecular weight excluding hydrogens is 288 g/mol. The molecule has 0 saturated heterocycles. The summed E-state index contributed by atoms with van der Waals surface area (Å²) in [6.45, 7) is 6.38. The molecule has 2 aromatic carbocycles. The fourth-order valence-electron chi connectivity index (χ4n) is 2.66. The van der Waals surface area contributed by atoms with E-state index in [9.17, 15) is 4.79 Å². The highest BCUT2D eigenvalue weighted by atomic mass is 16.5. The zero-order valence-corrected chi connectivity index (χ0v) is 13.6. The molecule has 23 heavy (non-hydrogen) atoms. The van der Waals surface area contributed by atoms with Gasteiger partial charge in [-0.3, -0.25) is 4.79 Å². The lowest BCUT2D eigenvalue weighted by atomic mass is 9.86. The van der Waals surface area contributed by atoms with E-state index in [0.717, 1.165) is 16.6 Å². The molecule has 118 valence electrons. The quantitative estimate of drug-likeness (QED) is 0.784. The number of benzene rings is 2. The third kappa shape index (κ3) is 3.26. The first-order chi connectivity index (χ1) is 10.9. The van der Waals surface area contributed by atoms with E-state index in [-0.39, 0.29) is 17.7 Å². The van der Waals surface area contributed by atoms with Gasteiger partial charge in [0, 0.05) is 11.1 Å². The molecule has 0 saturated carbocycles. The summed E-state index contributed by atoms with van der Waals surface area (Å²) in [5, 5.41) is 7.89. The predicted molar refractivity (Wildman–Crippen MR) is 91.5 cm³/mol. The predicted octanol–water partition coefficient (Wildman–Crippen LogP) is 4.31. The number of fused-ring (bicyclic) bond motifs is 1. The average Bonchev–Trinajstić information content (AvgIpc) is 2.90. The van der Waals surface area contributed by atoms with Crippen molar-refractivity contribution in [1.82, 2.24) is 5.16 Å². The Morgan fingerprint density at radius 2 is 1.78 bits per heavy atom. The highest BCUT2D eigenvalue weighted by Gasteiger charge is 2.19. The van der Waals surface area contributed by atoms with Crippen LogP contribution < -0.4 is 5.32 Å². The van der Waals surface area contributed by atoms with Gasteiger partial charge < -0.3 is 9.84 Å². The van der Waals surface area contributed by atoms with Crippen LogP contribution in [-0.2, 0) is 16.6 Å². The number of aromatic nitrogens is 1. The average molecular weight is 308 g/mol. The van der Waals surface area contributed by atoms with Crippen molar-refractivity contribution in [2.24, 2.45) is 0 Å². The SMILES string of the molecule is CC(C)(C)c1ccccc1NC(=O)Cc1noc2ccccc12. The summed E-state index contributed by atoms with van der Waals surface area (Å²) in [6.07, 6.45) is 0.190. The molecule has 1 aromatic heterocycles. The van der Waals surface area contributed by atoms with E-state index in [2.05, 4.69) is 31.2 Å². The number of hydrogen-bond acceptors (Lipinski definition) is 3. The van der Waals surface area contributed by atoms with Crippen molar-refractivity contribution < 1.29 is 9.32 Å². The van der Waals surface area contributed by atoms with E-state index in [1.807, 2.05) is 48.5 Å². The number of carbonyl (C=O) groups excluding carboxylic acids is 1. The summed E-state index contributed by atoms with van der Waals surface area (Å²) >= 11 is 0. The van der Waals surface area contributed by atoms with Crippen LogP contribution in [0.5, 0.6) is 0 Å². The second kappa shape index (κ2) is 5.88. The summed E-state index contributed by atoms with van der Waals surface area (Å²) in [4.78, 5) is 12.4. The van der Waals surface area contributed by atoms with Gasteiger partial charge in [0.05, 0.1) is 6.42 Å². The molecule has 1 N–H and O–H groups in total. The van der Waals surface area contributed by atoms with Crippen molar-refractivity contribution in [3.05, 3.63) is 59.8 Å². The van der Waals surface area contributed by atoms with Gasteiger partial charge in [-0.15, -0.1) is 0 Å². The fraction of sp³-hybridized carbons (Fsp3) is 0.263. The highest BCUT2D eigenvalue weighted by molar-refractivity contribution is 5.95. The van der Waals surface area contributed by atoms with Crippen molar-refractivity contribution in [1.29, 1.82) is 0 Å². The Morgan fingerprint density at radius 3 is 2.57 bits per heavy atom. The van der Waals surface area contributed by atoms with Gasteiger partial charge in [0.2, 0.25) is 5.91 Å². The van der Waals surface area contributed by atoms with Crippen LogP contribution in [0.3, 0.4) is 0 Å². The van der Waals surface area contributed by atoms with Crippen molar-refractivity contribution in [2.75, 3.05) is 5.32 Å². The lowest BCUT2D eigenvalue weighted by molar-refractivity contribution is -0.115. The largest absolute Gasteiger partial charge is 0.356 e. The second-order valence-electron chi connectivity index (χ2n) is 6.65. The highest BCUT2D eigenvalue weighted by Crippen LogP contribution is 2.29. The standard InChI is InChI=1S/C19H20N2O2/c1-19(2,3)14-9-5-6-10-15(14)20-18(22)12-16-13-8-4-7-11-17(13)23-21-16/h4-11H,12H2,1-3H3,(H,20,22). The minimum Gasteiger partial charge on any atom is -0.356 e. The maximum absolute atomic E-state index is 12.4. The Balaban J connectivity index is 1.81. The third-order valence-electron chi connectivity index (χ3n) is 3.79. The molecule has 0 spiro atoms. The van der Waals surface area contributed by atoms with Gasteiger partial charge in [-0.25, -0.2) is 0 Å². The number of nitrogens with zero attached hydrogens (tertiary/aromatic N) is 1. The van der Waals surface area contributed by atoms with E-state index in [0.29, 0.717) is 11.3 Å². The fourth-order valence-corrected chi connectivity index (χ4v) is 2.66. The van der Waals surface area contributed by atoms with Gasteiger partial charge in [-0.05, 0) is 29.2 Å². The lowest BCUT2D eigenvalue weighted by Crippen LogP contribution is -2.20. The van der Waals surface area contributed by atoms with Crippen LogP contribution in [0.25, 0.3) is 11.0 Å². The van der Waals surface area contributed by atoms with E-state index in [4.69, 9.17) is 4.52 Å². The molecule has 4 nitrogen and oxygen atoms in total. The summed E-state index contributed by atoms with van der Waals surface area (Å²) < 4.78 is 5.25. The monoisotopic (exact) mass is 308 g/mol. The molecule has 0 radical (unpaired) electrons. The Morgan fingerprint density at radius 1 is 1.09 bits per heavy atom. The van der Waals surface area contributed by atoms with Crippen molar-refractivity contribution in [3.63, 3.8) is 0 Å². The van der Waals surface area contributed by atoms with Gasteiger partial charge in [-0.2, -0.15) is 0 Å². The molecule has 4 heteroatoms. The first-order valence-electron chi connectivity index (χ1n) is 7.68. The topological polar surface area (TPSA) is 55.1 Å². The van der Waals surface area contributed by atoms with Gasteiger partial charge in [0.1, 0.15) is 5.69 Å². The van der Waals surface area contributed by atoms with Crippen LogP contribution in [-0.4, -0.2) is 11.1 Å². The minimum absolute atomic E-state index is 0.0372. The summed E-state index contributed by atoms with van der Waals surface area (Å²) in [7, 11) is 0. The molecule has 0 bridgehead atoms. The van der Waals surface area contributed by atoms with Crippen LogP contribution in [0.15, 0.2) is 53.1 Å². The first kappa shape index (κ1) is 15.3. The molecule has 0 aliphatic rings. The number of para-hydroxylation sites is 2. The van der Waals surface area contributed by atoms with Crippen LogP contribution in [0.2, 0.25) is 0 Å². The Kier molecular flexibility index (Phi) is 3.90. The van der Waals surface area contributed by atoms with Crippen LogP contribution in [0.1, 0.15) is 32.0 Å². The molecule has 3 rings (SSSR count). The summed E-state index contributed by atoms with van der Waals surface area (Å²) in [5.41, 5.74) is 3.28. The Hall–Kier alpha value is -2.62. The zero-order chi connectivity index (χ0) is 16.4. The third-order valence-corrected chi connectivity index (χ3v) is 3.79. The Bertz CT molecular complexity index is 844. The van der Waals surface area contributed by atoms with Crippen LogP contribution >= 0.6 is 0 Å². The number of anilines is 1. The number of amides is 1. The molecule has 1 heterocycles. The molecule has 0 unspecified atom stereocenters. The van der Waals surface area contributed by atoms with E-state index >= 15 is 0 Å². The van der Waals surface area contributed by atoms with E-state index in [1.54, 1.807) is 0 Å². The maximum atomic E-state index is 12.4. The second-order valence-corrected chi connectivity index (χ2v) is 6.65. The van der Waals surface area contributed by atoms with Gasteiger partial charge in [0.25, 0.3) is 0 Å². The smallest absolute Gasteiger partial charge is 0.230 e. The van der Waals surface area contributed by atoms with E-state index in [1.165, 1.54) is 0 Å². The minimum atomic E-state index is -0.0965. The molecule has 0 aliphatic carbocycles. The molecule has 1 amide bonds.